The Balaban J connectivity index is 2.09. The molecule has 0 aliphatic heterocycles. The Morgan fingerprint density at radius 1 is 0.917 bits per heavy atom. The van der Waals surface area contributed by atoms with Crippen LogP contribution >= 0.6 is 0 Å². The standard InChI is InChI=1S/C21H17N3/c1-2-14-6-5-9-20-17(14)12-18(21(13-22)24-20)15-10-11-23-19-8-4-3-7-16(15)19/h2-12H,1,13,22H2. The minimum atomic E-state index is 0.389. The molecule has 3 nitrogen and oxygen atoms in total. The maximum Gasteiger partial charge on any atom is 0.0712 e. The molecule has 2 aromatic carbocycles. The number of aromatic nitrogens is 2. The Morgan fingerprint density at radius 2 is 1.75 bits per heavy atom. The SMILES string of the molecule is C=Cc1cccc2nc(CN)c(-c3ccnc4ccccc34)cc12. The van der Waals surface area contributed by atoms with Crippen molar-refractivity contribution in [3.05, 3.63) is 78.6 Å². The van der Waals surface area contributed by atoms with Crippen molar-refractivity contribution in [3.8, 4) is 11.1 Å². The van der Waals surface area contributed by atoms with Gasteiger partial charge in [0.2, 0.25) is 0 Å². The van der Waals surface area contributed by atoms with Gasteiger partial charge in [-0.05, 0) is 35.4 Å². The molecule has 4 rings (SSSR count). The Morgan fingerprint density at radius 3 is 2.58 bits per heavy atom. The van der Waals surface area contributed by atoms with Gasteiger partial charge in [-0.3, -0.25) is 9.97 Å². The van der Waals surface area contributed by atoms with Crippen LogP contribution in [0, 0.1) is 0 Å². The van der Waals surface area contributed by atoms with Gasteiger partial charge >= 0.3 is 0 Å². The first-order valence-electron chi connectivity index (χ1n) is 7.91. The number of fused-ring (bicyclic) bond motifs is 2. The van der Waals surface area contributed by atoms with Gasteiger partial charge in [-0.15, -0.1) is 0 Å². The van der Waals surface area contributed by atoms with Crippen LogP contribution in [-0.2, 0) is 6.54 Å². The van der Waals surface area contributed by atoms with Gasteiger partial charge in [0.15, 0.2) is 0 Å². The smallest absolute Gasteiger partial charge is 0.0712 e. The zero-order chi connectivity index (χ0) is 16.5. The number of rotatable bonds is 3. The van der Waals surface area contributed by atoms with Crippen molar-refractivity contribution < 1.29 is 0 Å². The monoisotopic (exact) mass is 311 g/mol. The molecular formula is C21H17N3. The van der Waals surface area contributed by atoms with Gasteiger partial charge in [0.05, 0.1) is 16.7 Å². The van der Waals surface area contributed by atoms with Crippen LogP contribution in [0.1, 0.15) is 11.3 Å². The number of para-hydroxylation sites is 1. The van der Waals surface area contributed by atoms with Crippen LogP contribution in [0.25, 0.3) is 39.0 Å². The molecule has 2 aromatic heterocycles. The first kappa shape index (κ1) is 14.5. The largest absolute Gasteiger partial charge is 0.325 e. The minimum absolute atomic E-state index is 0.389. The molecule has 3 heteroatoms. The lowest BCUT2D eigenvalue weighted by molar-refractivity contribution is 1.01. The summed E-state index contributed by atoms with van der Waals surface area (Å²) in [5.74, 6) is 0. The van der Waals surface area contributed by atoms with Gasteiger partial charge in [-0.1, -0.05) is 43.0 Å². The first-order valence-corrected chi connectivity index (χ1v) is 7.91. The Hall–Kier alpha value is -3.04. The summed E-state index contributed by atoms with van der Waals surface area (Å²) in [5, 5.41) is 2.19. The molecule has 0 saturated carbocycles. The third kappa shape index (κ3) is 2.27. The Labute approximate surface area is 140 Å². The molecule has 0 unspecified atom stereocenters. The normalized spacial score (nSPS) is 11.0. The van der Waals surface area contributed by atoms with Crippen LogP contribution in [0.4, 0.5) is 0 Å². The first-order chi connectivity index (χ1) is 11.8. The summed E-state index contributed by atoms with van der Waals surface area (Å²) < 4.78 is 0. The van der Waals surface area contributed by atoms with E-state index in [0.29, 0.717) is 6.54 Å². The molecule has 2 N–H and O–H groups in total. The third-order valence-corrected chi connectivity index (χ3v) is 4.32. The van der Waals surface area contributed by atoms with Gasteiger partial charge in [-0.2, -0.15) is 0 Å². The van der Waals surface area contributed by atoms with E-state index >= 15 is 0 Å². The van der Waals surface area contributed by atoms with E-state index in [1.54, 1.807) is 0 Å². The number of hydrogen-bond acceptors (Lipinski definition) is 3. The number of nitrogens with zero attached hydrogens (tertiary/aromatic N) is 2. The molecule has 0 spiro atoms. The molecule has 0 fully saturated rings. The zero-order valence-corrected chi connectivity index (χ0v) is 13.2. The number of nitrogens with two attached hydrogens (primary N) is 1. The quantitative estimate of drug-likeness (QED) is 0.604. The van der Waals surface area contributed by atoms with Crippen molar-refractivity contribution in [1.29, 1.82) is 0 Å². The highest BCUT2D eigenvalue weighted by Crippen LogP contribution is 2.32. The van der Waals surface area contributed by atoms with Crippen molar-refractivity contribution in [2.75, 3.05) is 0 Å². The van der Waals surface area contributed by atoms with Gasteiger partial charge in [0, 0.05) is 29.1 Å². The topological polar surface area (TPSA) is 51.8 Å². The lowest BCUT2D eigenvalue weighted by Crippen LogP contribution is -2.03. The van der Waals surface area contributed by atoms with Gasteiger partial charge in [0.25, 0.3) is 0 Å². The third-order valence-electron chi connectivity index (χ3n) is 4.32. The summed E-state index contributed by atoms with van der Waals surface area (Å²) in [6.45, 7) is 4.30. The fourth-order valence-corrected chi connectivity index (χ4v) is 3.16. The average Bonchev–Trinajstić information content (AvgIpc) is 2.66. The van der Waals surface area contributed by atoms with Crippen molar-refractivity contribution in [2.24, 2.45) is 5.73 Å². The maximum atomic E-state index is 6.00. The van der Waals surface area contributed by atoms with E-state index in [0.717, 1.165) is 44.2 Å². The van der Waals surface area contributed by atoms with Gasteiger partial charge < -0.3 is 5.73 Å². The summed E-state index contributed by atoms with van der Waals surface area (Å²) in [5.41, 5.74) is 12.0. The zero-order valence-electron chi connectivity index (χ0n) is 13.2. The molecule has 0 aliphatic rings. The molecule has 0 aliphatic carbocycles. The minimum Gasteiger partial charge on any atom is -0.325 e. The number of pyridine rings is 2. The lowest BCUT2D eigenvalue weighted by Gasteiger charge is -2.13. The van der Waals surface area contributed by atoms with E-state index in [1.165, 1.54) is 0 Å². The summed E-state index contributed by atoms with van der Waals surface area (Å²) in [7, 11) is 0. The second-order valence-corrected chi connectivity index (χ2v) is 5.68. The molecule has 2 heterocycles. The highest BCUT2D eigenvalue weighted by molar-refractivity contribution is 5.98. The summed E-state index contributed by atoms with van der Waals surface area (Å²) in [6, 6.07) is 18.4. The van der Waals surface area contributed by atoms with Crippen molar-refractivity contribution in [3.63, 3.8) is 0 Å². The fourth-order valence-electron chi connectivity index (χ4n) is 3.16. The second kappa shape index (κ2) is 5.87. The van der Waals surface area contributed by atoms with E-state index in [1.807, 2.05) is 54.7 Å². The fraction of sp³-hybridized carbons (Fsp3) is 0.0476. The predicted octanol–water partition coefficient (Wildman–Crippen LogP) is 4.55. The van der Waals surface area contributed by atoms with E-state index < -0.39 is 0 Å². The molecule has 24 heavy (non-hydrogen) atoms. The van der Waals surface area contributed by atoms with E-state index in [-0.39, 0.29) is 0 Å². The highest BCUT2D eigenvalue weighted by atomic mass is 14.7. The van der Waals surface area contributed by atoms with E-state index in [2.05, 4.69) is 23.7 Å². The Kier molecular flexibility index (Phi) is 3.56. The number of benzene rings is 2. The predicted molar refractivity (Wildman–Crippen MR) is 100 cm³/mol. The van der Waals surface area contributed by atoms with Crippen molar-refractivity contribution >= 4 is 27.9 Å². The molecule has 116 valence electrons. The molecule has 0 radical (unpaired) electrons. The molecule has 0 saturated heterocycles. The van der Waals surface area contributed by atoms with Crippen LogP contribution in [0.2, 0.25) is 0 Å². The van der Waals surface area contributed by atoms with Gasteiger partial charge in [0.1, 0.15) is 0 Å². The second-order valence-electron chi connectivity index (χ2n) is 5.68. The maximum absolute atomic E-state index is 6.00. The van der Waals surface area contributed by atoms with Crippen LogP contribution in [0.15, 0.2) is 67.4 Å². The Bertz CT molecular complexity index is 1060. The van der Waals surface area contributed by atoms with Crippen LogP contribution in [-0.4, -0.2) is 9.97 Å². The van der Waals surface area contributed by atoms with Crippen LogP contribution in [0.5, 0.6) is 0 Å². The molecule has 0 atom stereocenters. The van der Waals surface area contributed by atoms with E-state index in [4.69, 9.17) is 10.7 Å². The van der Waals surface area contributed by atoms with E-state index in [9.17, 15) is 0 Å². The molecule has 0 bridgehead atoms. The van der Waals surface area contributed by atoms with Crippen LogP contribution in [0.3, 0.4) is 0 Å². The summed E-state index contributed by atoms with van der Waals surface area (Å²) in [6.07, 6.45) is 3.70. The summed E-state index contributed by atoms with van der Waals surface area (Å²) in [4.78, 5) is 9.24. The molecule has 0 amide bonds. The highest BCUT2D eigenvalue weighted by Gasteiger charge is 2.12. The number of hydrogen-bond donors (Lipinski definition) is 1. The van der Waals surface area contributed by atoms with Gasteiger partial charge in [-0.25, -0.2) is 0 Å². The molecule has 4 aromatic rings. The lowest BCUT2D eigenvalue weighted by atomic mass is 9.96. The van der Waals surface area contributed by atoms with Crippen LogP contribution < -0.4 is 5.73 Å². The molecular weight excluding hydrogens is 294 g/mol. The average molecular weight is 311 g/mol. The van der Waals surface area contributed by atoms with Crippen molar-refractivity contribution in [1.82, 2.24) is 9.97 Å². The van der Waals surface area contributed by atoms with Crippen molar-refractivity contribution in [2.45, 2.75) is 6.54 Å². The summed E-state index contributed by atoms with van der Waals surface area (Å²) >= 11 is 0.